The van der Waals surface area contributed by atoms with E-state index < -0.39 is 5.91 Å². The lowest BCUT2D eigenvalue weighted by molar-refractivity contribution is -0.114. The normalized spacial score (nSPS) is 9.81. The van der Waals surface area contributed by atoms with Gasteiger partial charge in [-0.1, -0.05) is 6.07 Å². The predicted octanol–water partition coefficient (Wildman–Crippen LogP) is 1.70. The van der Waals surface area contributed by atoms with E-state index in [-0.39, 0.29) is 11.6 Å². The Labute approximate surface area is 121 Å². The number of nitrogens with one attached hydrogen (secondary N) is 2. The first-order valence-corrected chi connectivity index (χ1v) is 6.15. The molecule has 0 aliphatic carbocycles. The van der Waals surface area contributed by atoms with Crippen molar-refractivity contribution in [1.82, 2.24) is 10.2 Å². The molecule has 2 aromatic rings. The van der Waals surface area contributed by atoms with Gasteiger partial charge in [0.05, 0.1) is 7.11 Å². The Morgan fingerprint density at radius 3 is 2.33 bits per heavy atom. The minimum atomic E-state index is -0.398. The highest BCUT2D eigenvalue weighted by atomic mass is 16.5. The van der Waals surface area contributed by atoms with Gasteiger partial charge in [-0.2, -0.15) is 0 Å². The van der Waals surface area contributed by atoms with Crippen molar-refractivity contribution in [1.29, 1.82) is 0 Å². The molecule has 7 heteroatoms. The van der Waals surface area contributed by atoms with Gasteiger partial charge in [-0.05, 0) is 24.3 Å². The summed E-state index contributed by atoms with van der Waals surface area (Å²) in [6.07, 6.45) is 0. The Morgan fingerprint density at radius 2 is 1.76 bits per heavy atom. The van der Waals surface area contributed by atoms with Crippen LogP contribution in [0.3, 0.4) is 0 Å². The minimum Gasteiger partial charge on any atom is -0.480 e. The van der Waals surface area contributed by atoms with Crippen LogP contribution in [-0.4, -0.2) is 29.1 Å². The van der Waals surface area contributed by atoms with Crippen molar-refractivity contribution in [3.05, 3.63) is 42.1 Å². The van der Waals surface area contributed by atoms with Gasteiger partial charge >= 0.3 is 0 Å². The van der Waals surface area contributed by atoms with Crippen LogP contribution in [0.25, 0.3) is 0 Å². The van der Waals surface area contributed by atoms with Crippen LogP contribution >= 0.6 is 0 Å². The summed E-state index contributed by atoms with van der Waals surface area (Å²) in [5, 5.41) is 12.8. The van der Waals surface area contributed by atoms with Gasteiger partial charge in [0.15, 0.2) is 5.69 Å². The van der Waals surface area contributed by atoms with Crippen LogP contribution in [-0.2, 0) is 4.79 Å². The van der Waals surface area contributed by atoms with E-state index >= 15 is 0 Å². The first-order chi connectivity index (χ1) is 10.1. The van der Waals surface area contributed by atoms with E-state index in [1.54, 1.807) is 30.3 Å². The van der Waals surface area contributed by atoms with E-state index in [4.69, 9.17) is 4.74 Å². The van der Waals surface area contributed by atoms with Crippen LogP contribution in [0.2, 0.25) is 0 Å². The molecular weight excluding hydrogens is 272 g/mol. The largest absolute Gasteiger partial charge is 0.480 e. The lowest BCUT2D eigenvalue weighted by atomic mass is 10.2. The van der Waals surface area contributed by atoms with Gasteiger partial charge in [0.2, 0.25) is 11.8 Å². The Kier molecular flexibility index (Phi) is 4.45. The summed E-state index contributed by atoms with van der Waals surface area (Å²) < 4.78 is 4.87. The molecule has 108 valence electrons. The first-order valence-electron chi connectivity index (χ1n) is 6.15. The van der Waals surface area contributed by atoms with Gasteiger partial charge < -0.3 is 15.4 Å². The van der Waals surface area contributed by atoms with E-state index in [2.05, 4.69) is 20.8 Å². The Hall–Kier alpha value is -2.96. The Morgan fingerprint density at radius 1 is 1.05 bits per heavy atom. The number of hydrogen-bond donors (Lipinski definition) is 2. The maximum atomic E-state index is 12.0. The molecule has 1 heterocycles. The molecule has 0 saturated heterocycles. The highest BCUT2D eigenvalue weighted by Gasteiger charge is 2.09. The highest BCUT2D eigenvalue weighted by Crippen LogP contribution is 2.16. The fraction of sp³-hybridized carbons (Fsp3) is 0.143. The summed E-state index contributed by atoms with van der Waals surface area (Å²) in [5.41, 5.74) is 1.31. The lowest BCUT2D eigenvalue weighted by Crippen LogP contribution is -2.14. The van der Waals surface area contributed by atoms with Crippen molar-refractivity contribution >= 4 is 23.2 Å². The second-order valence-electron chi connectivity index (χ2n) is 4.18. The molecule has 0 atom stereocenters. The molecular formula is C14H14N4O3. The number of anilines is 2. The summed E-state index contributed by atoms with van der Waals surface area (Å²) in [5.74, 6) is -0.246. The smallest absolute Gasteiger partial charge is 0.276 e. The maximum absolute atomic E-state index is 12.0. The zero-order chi connectivity index (χ0) is 15.2. The van der Waals surface area contributed by atoms with Crippen molar-refractivity contribution in [3.63, 3.8) is 0 Å². The van der Waals surface area contributed by atoms with Crippen molar-refractivity contribution in [2.45, 2.75) is 6.92 Å². The molecule has 0 spiro atoms. The minimum absolute atomic E-state index is 0.167. The van der Waals surface area contributed by atoms with Gasteiger partial charge in [-0.25, -0.2) is 0 Å². The fourth-order valence-corrected chi connectivity index (χ4v) is 1.62. The standard InChI is InChI=1S/C14H14N4O3/c1-9(19)15-10-4-3-5-11(8-10)16-14(20)12-6-7-13(21-2)18-17-12/h3-8H,1-2H3,(H,15,19)(H,16,20). The number of aromatic nitrogens is 2. The average molecular weight is 286 g/mol. The number of nitrogens with zero attached hydrogens (tertiary/aromatic N) is 2. The molecule has 21 heavy (non-hydrogen) atoms. The van der Waals surface area contributed by atoms with E-state index in [1.807, 2.05) is 0 Å². The van der Waals surface area contributed by atoms with Gasteiger partial charge in [-0.15, -0.1) is 10.2 Å². The summed E-state index contributed by atoms with van der Waals surface area (Å²) in [7, 11) is 1.47. The van der Waals surface area contributed by atoms with E-state index in [1.165, 1.54) is 20.1 Å². The molecule has 2 rings (SSSR count). The third kappa shape index (κ3) is 4.00. The van der Waals surface area contributed by atoms with Crippen LogP contribution in [0, 0.1) is 0 Å². The maximum Gasteiger partial charge on any atom is 0.276 e. The Balaban J connectivity index is 2.09. The second kappa shape index (κ2) is 6.47. The van der Waals surface area contributed by atoms with Crippen molar-refractivity contribution < 1.29 is 14.3 Å². The molecule has 0 aliphatic heterocycles. The first kappa shape index (κ1) is 14.4. The third-order valence-electron chi connectivity index (χ3n) is 2.52. The van der Waals surface area contributed by atoms with Crippen LogP contribution in [0.15, 0.2) is 36.4 Å². The van der Waals surface area contributed by atoms with Gasteiger partial charge in [0.1, 0.15) is 0 Å². The van der Waals surface area contributed by atoms with E-state index in [0.717, 1.165) is 0 Å². The molecule has 2 amide bonds. The number of carbonyl (C=O) groups excluding carboxylic acids is 2. The lowest BCUT2D eigenvalue weighted by Gasteiger charge is -2.07. The van der Waals surface area contributed by atoms with Crippen LogP contribution in [0.5, 0.6) is 5.88 Å². The van der Waals surface area contributed by atoms with Crippen molar-refractivity contribution in [2.24, 2.45) is 0 Å². The average Bonchev–Trinajstić information content (AvgIpc) is 2.47. The number of amides is 2. The molecule has 0 aliphatic rings. The molecule has 0 radical (unpaired) electrons. The summed E-state index contributed by atoms with van der Waals surface area (Å²) >= 11 is 0. The SMILES string of the molecule is COc1ccc(C(=O)Nc2cccc(NC(C)=O)c2)nn1. The highest BCUT2D eigenvalue weighted by molar-refractivity contribution is 6.03. The van der Waals surface area contributed by atoms with E-state index in [9.17, 15) is 9.59 Å². The zero-order valence-electron chi connectivity index (χ0n) is 11.6. The number of carbonyl (C=O) groups is 2. The van der Waals surface area contributed by atoms with Crippen LogP contribution in [0.1, 0.15) is 17.4 Å². The third-order valence-corrected chi connectivity index (χ3v) is 2.52. The van der Waals surface area contributed by atoms with Crippen molar-refractivity contribution in [2.75, 3.05) is 17.7 Å². The topological polar surface area (TPSA) is 93.2 Å². The molecule has 2 N–H and O–H groups in total. The van der Waals surface area contributed by atoms with Crippen LogP contribution < -0.4 is 15.4 Å². The number of benzene rings is 1. The molecule has 1 aromatic carbocycles. The molecule has 1 aromatic heterocycles. The quantitative estimate of drug-likeness (QED) is 0.892. The zero-order valence-corrected chi connectivity index (χ0v) is 11.6. The predicted molar refractivity (Wildman–Crippen MR) is 77.3 cm³/mol. The summed E-state index contributed by atoms with van der Waals surface area (Å²) in [4.78, 5) is 23.0. The molecule has 7 nitrogen and oxygen atoms in total. The number of hydrogen-bond acceptors (Lipinski definition) is 5. The van der Waals surface area contributed by atoms with Gasteiger partial charge in [0.25, 0.3) is 5.91 Å². The number of methoxy groups -OCH3 is 1. The van der Waals surface area contributed by atoms with Gasteiger partial charge in [-0.3, -0.25) is 9.59 Å². The number of ether oxygens (including phenoxy) is 1. The van der Waals surface area contributed by atoms with Crippen LogP contribution in [0.4, 0.5) is 11.4 Å². The molecule has 0 bridgehead atoms. The Bertz CT molecular complexity index is 656. The van der Waals surface area contributed by atoms with E-state index in [0.29, 0.717) is 17.3 Å². The van der Waals surface area contributed by atoms with Gasteiger partial charge in [0, 0.05) is 24.4 Å². The second-order valence-corrected chi connectivity index (χ2v) is 4.18. The number of rotatable bonds is 4. The molecule has 0 fully saturated rings. The molecule has 0 unspecified atom stereocenters. The summed E-state index contributed by atoms with van der Waals surface area (Å²) in [6.45, 7) is 1.41. The monoisotopic (exact) mass is 286 g/mol. The fourth-order valence-electron chi connectivity index (χ4n) is 1.62. The van der Waals surface area contributed by atoms with Crippen molar-refractivity contribution in [3.8, 4) is 5.88 Å². The summed E-state index contributed by atoms with van der Waals surface area (Å²) in [6, 6.07) is 9.87. The molecule has 0 saturated carbocycles.